The van der Waals surface area contributed by atoms with Gasteiger partial charge in [0.1, 0.15) is 11.4 Å². The zero-order valence-electron chi connectivity index (χ0n) is 24.8. The number of furan rings is 1. The summed E-state index contributed by atoms with van der Waals surface area (Å²) in [5, 5.41) is 4.11. The zero-order valence-corrected chi connectivity index (χ0v) is 27.1. The van der Waals surface area contributed by atoms with Crippen LogP contribution in [-0.2, 0) is 21.1 Å². The molecule has 9 aromatic rings. The van der Waals surface area contributed by atoms with Gasteiger partial charge in [-0.05, 0) is 53.2 Å². The first kappa shape index (κ1) is 28.7. The van der Waals surface area contributed by atoms with Crippen molar-refractivity contribution in [3.8, 4) is 17.3 Å². The van der Waals surface area contributed by atoms with E-state index in [1.54, 1.807) is 6.20 Å². The van der Waals surface area contributed by atoms with Crippen LogP contribution >= 0.6 is 0 Å². The Morgan fingerprint density at radius 1 is 0.638 bits per heavy atom. The Labute approximate surface area is 284 Å². The fourth-order valence-corrected chi connectivity index (χ4v) is 6.19. The predicted molar refractivity (Wildman–Crippen MR) is 183 cm³/mol. The van der Waals surface area contributed by atoms with Crippen LogP contribution in [0.4, 0.5) is 17.2 Å². The van der Waals surface area contributed by atoms with Crippen LogP contribution in [0.5, 0.6) is 11.6 Å². The molecular weight excluding hydrogens is 764 g/mol. The van der Waals surface area contributed by atoms with Crippen LogP contribution in [0.15, 0.2) is 150 Å². The molecule has 0 unspecified atom stereocenters. The summed E-state index contributed by atoms with van der Waals surface area (Å²) in [4.78, 5) is 11.2. The van der Waals surface area contributed by atoms with Gasteiger partial charge in [0.2, 0.25) is 5.88 Å². The summed E-state index contributed by atoms with van der Waals surface area (Å²) < 4.78 is 14.9. The molecule has 0 atom stereocenters. The molecule has 0 spiro atoms. The van der Waals surface area contributed by atoms with Crippen LogP contribution in [0.2, 0.25) is 0 Å². The minimum Gasteiger partial charge on any atom is -0.483 e. The average molecular weight is 788 g/mol. The number of rotatable bonds is 6. The molecule has 0 saturated heterocycles. The Morgan fingerprint density at radius 2 is 1.38 bits per heavy atom. The molecule has 0 radical (unpaired) electrons. The van der Waals surface area contributed by atoms with Crippen LogP contribution < -0.4 is 9.64 Å². The molecule has 0 aliphatic heterocycles. The van der Waals surface area contributed by atoms with E-state index in [0.29, 0.717) is 17.2 Å². The van der Waals surface area contributed by atoms with Crippen molar-refractivity contribution < 1.29 is 30.2 Å². The summed E-state index contributed by atoms with van der Waals surface area (Å²) in [6.45, 7) is 0. The first-order valence-electron chi connectivity index (χ1n) is 15.0. The van der Waals surface area contributed by atoms with Crippen molar-refractivity contribution in [2.24, 2.45) is 0 Å². The van der Waals surface area contributed by atoms with E-state index in [4.69, 9.17) is 14.1 Å². The average Bonchev–Trinajstić information content (AvgIpc) is 3.65. The number of aromatic nitrogens is 3. The minimum absolute atomic E-state index is 0. The summed E-state index contributed by atoms with van der Waals surface area (Å²) in [7, 11) is 0. The van der Waals surface area contributed by atoms with Crippen LogP contribution in [0.25, 0.3) is 49.4 Å². The molecule has 0 aliphatic carbocycles. The summed E-state index contributed by atoms with van der Waals surface area (Å²) in [5.41, 5.74) is 6.05. The fraction of sp³-hybridized carbons (Fsp3) is 0. The van der Waals surface area contributed by atoms with E-state index in [1.165, 1.54) is 0 Å². The van der Waals surface area contributed by atoms with E-state index in [1.807, 2.05) is 85.1 Å². The number of nitrogens with zero attached hydrogens (tertiary/aromatic N) is 4. The molecular formula is C40H24N4O2Pt. The largest absolute Gasteiger partial charge is 2.00 e. The van der Waals surface area contributed by atoms with Gasteiger partial charge >= 0.3 is 21.1 Å². The van der Waals surface area contributed by atoms with E-state index >= 15 is 0 Å². The van der Waals surface area contributed by atoms with Crippen molar-refractivity contribution in [3.63, 3.8) is 0 Å². The number of hydrogen-bond donors (Lipinski definition) is 0. The molecule has 226 valence electrons. The van der Waals surface area contributed by atoms with Gasteiger partial charge in [-0.15, -0.1) is 23.6 Å². The van der Waals surface area contributed by atoms with Gasteiger partial charge in [-0.25, -0.2) is 9.97 Å². The van der Waals surface area contributed by atoms with E-state index in [0.717, 1.165) is 61.0 Å². The maximum Gasteiger partial charge on any atom is 2.00 e. The van der Waals surface area contributed by atoms with Gasteiger partial charge in [-0.3, -0.25) is 0 Å². The molecule has 7 heteroatoms. The van der Waals surface area contributed by atoms with Crippen molar-refractivity contribution in [2.45, 2.75) is 0 Å². The molecule has 0 amide bonds. The topological polar surface area (TPSA) is 56.3 Å². The Balaban J connectivity index is 0.00000324. The van der Waals surface area contributed by atoms with Gasteiger partial charge < -0.3 is 18.6 Å². The molecule has 4 aromatic heterocycles. The number of anilines is 3. The third kappa shape index (κ3) is 4.94. The quantitative estimate of drug-likeness (QED) is 0.157. The van der Waals surface area contributed by atoms with Gasteiger partial charge in [0.25, 0.3) is 0 Å². The Hall–Kier alpha value is -5.71. The van der Waals surface area contributed by atoms with Crippen molar-refractivity contribution in [1.82, 2.24) is 14.5 Å². The molecule has 0 aliphatic rings. The molecule has 6 nitrogen and oxygen atoms in total. The van der Waals surface area contributed by atoms with E-state index in [-0.39, 0.29) is 21.1 Å². The number of fused-ring (bicyclic) bond motifs is 6. The van der Waals surface area contributed by atoms with Crippen LogP contribution in [-0.4, -0.2) is 14.5 Å². The molecule has 47 heavy (non-hydrogen) atoms. The molecule has 0 fully saturated rings. The van der Waals surface area contributed by atoms with Gasteiger partial charge in [-0.2, -0.15) is 6.07 Å². The maximum atomic E-state index is 6.41. The molecule has 0 bridgehead atoms. The number of hydrogen-bond acceptors (Lipinski definition) is 5. The first-order chi connectivity index (χ1) is 22.8. The second-order valence-corrected chi connectivity index (χ2v) is 10.9. The molecule has 5 aromatic carbocycles. The van der Waals surface area contributed by atoms with Crippen molar-refractivity contribution in [3.05, 3.63) is 158 Å². The zero-order chi connectivity index (χ0) is 30.5. The second-order valence-electron chi connectivity index (χ2n) is 10.9. The van der Waals surface area contributed by atoms with E-state index in [2.05, 4.69) is 81.2 Å². The first-order valence-corrected chi connectivity index (χ1v) is 15.0. The van der Waals surface area contributed by atoms with Gasteiger partial charge in [0.15, 0.2) is 0 Å². The summed E-state index contributed by atoms with van der Waals surface area (Å²) in [6.07, 6.45) is 3.52. The smallest absolute Gasteiger partial charge is 0.483 e. The number of ether oxygens (including phenoxy) is 1. The maximum absolute atomic E-state index is 6.41. The SMILES string of the molecule is [Pt+2].[c-]1c(Oc2ccccn2)cc2oc3ccccc3c2c1-n1c2[c-]c(N(c3ccccc3)c3ccccn3)ccc2c2ccccc21. The normalized spacial score (nSPS) is 11.2. The van der Waals surface area contributed by atoms with Crippen LogP contribution in [0.3, 0.4) is 0 Å². The van der Waals surface area contributed by atoms with Crippen LogP contribution in [0, 0.1) is 12.1 Å². The van der Waals surface area contributed by atoms with Crippen molar-refractivity contribution >= 4 is 60.9 Å². The van der Waals surface area contributed by atoms with Gasteiger partial charge in [0, 0.05) is 41.0 Å². The monoisotopic (exact) mass is 787 g/mol. The van der Waals surface area contributed by atoms with Crippen molar-refractivity contribution in [1.29, 1.82) is 0 Å². The number of para-hydroxylation sites is 3. The molecule has 0 N–H and O–H groups in total. The Bertz CT molecular complexity index is 2470. The van der Waals surface area contributed by atoms with Crippen molar-refractivity contribution in [2.75, 3.05) is 4.90 Å². The minimum atomic E-state index is 0. The number of pyridine rings is 2. The molecule has 0 saturated carbocycles. The summed E-state index contributed by atoms with van der Waals surface area (Å²) in [6, 6.07) is 51.8. The molecule has 9 rings (SSSR count). The fourth-order valence-electron chi connectivity index (χ4n) is 6.19. The third-order valence-electron chi connectivity index (χ3n) is 8.14. The van der Waals surface area contributed by atoms with Gasteiger partial charge in [-0.1, -0.05) is 95.1 Å². The summed E-state index contributed by atoms with van der Waals surface area (Å²) >= 11 is 0. The van der Waals surface area contributed by atoms with Gasteiger partial charge in [0.05, 0.1) is 0 Å². The standard InChI is InChI=1S/C40H24N4O2.Pt/c1-2-12-27(13-3-1)43(38-18-8-10-22-41-38)28-20-21-31-30-14-4-6-16-33(30)44(34(31)24-28)35-25-29(45-39-19-9-11-23-42-39)26-37-40(35)32-15-5-7-17-36(32)46-37;/h1-23,26H;/q-2;+2. The predicted octanol–water partition coefficient (Wildman–Crippen LogP) is 10.3. The number of benzene rings is 5. The summed E-state index contributed by atoms with van der Waals surface area (Å²) in [5.74, 6) is 1.78. The molecule has 4 heterocycles. The van der Waals surface area contributed by atoms with E-state index < -0.39 is 0 Å². The third-order valence-corrected chi connectivity index (χ3v) is 8.14. The van der Waals surface area contributed by atoms with Crippen LogP contribution in [0.1, 0.15) is 0 Å². The second kappa shape index (κ2) is 11.9. The van der Waals surface area contributed by atoms with E-state index in [9.17, 15) is 0 Å². The Kier molecular flexibility index (Phi) is 7.28. The Morgan fingerprint density at radius 3 is 2.19 bits per heavy atom.